The monoisotopic (exact) mass is 393 g/mol. The van der Waals surface area contributed by atoms with Gasteiger partial charge in [0, 0.05) is 23.4 Å². The molecule has 2 rings (SSSR count). The van der Waals surface area contributed by atoms with Crippen molar-refractivity contribution in [2.45, 2.75) is 43.4 Å². The fourth-order valence-corrected chi connectivity index (χ4v) is 5.54. The lowest BCUT2D eigenvalue weighted by atomic mass is 9.94. The van der Waals surface area contributed by atoms with Gasteiger partial charge in [-0.2, -0.15) is 4.31 Å². The highest BCUT2D eigenvalue weighted by molar-refractivity contribution is 9.10. The molecule has 0 spiro atoms. The second kappa shape index (κ2) is 7.44. The highest BCUT2D eigenvalue weighted by Gasteiger charge is 2.30. The first kappa shape index (κ1) is 17.3. The summed E-state index contributed by atoms with van der Waals surface area (Å²) in [4.78, 5) is 0.338. The first-order valence-corrected chi connectivity index (χ1v) is 10.1. The number of sulfonamides is 1. The summed E-state index contributed by atoms with van der Waals surface area (Å²) >= 11 is 9.14. The van der Waals surface area contributed by atoms with Crippen LogP contribution >= 0.6 is 27.5 Å². The molecule has 1 heterocycles. The van der Waals surface area contributed by atoms with E-state index < -0.39 is 10.0 Å². The van der Waals surface area contributed by atoms with Gasteiger partial charge in [0.05, 0.1) is 4.90 Å². The first-order valence-electron chi connectivity index (χ1n) is 7.33. The molecule has 6 heteroatoms. The molecular weight excluding hydrogens is 374 g/mol. The molecule has 1 saturated heterocycles. The Morgan fingerprint density at radius 2 is 2.00 bits per heavy atom. The van der Waals surface area contributed by atoms with Crippen LogP contribution in [-0.4, -0.2) is 25.8 Å². The van der Waals surface area contributed by atoms with E-state index in [1.165, 1.54) is 12.8 Å². The van der Waals surface area contributed by atoms with Crippen LogP contribution in [0.5, 0.6) is 0 Å². The summed E-state index contributed by atoms with van der Waals surface area (Å²) in [5.41, 5.74) is 0.907. The summed E-state index contributed by atoms with van der Waals surface area (Å²) in [5.74, 6) is 1.05. The van der Waals surface area contributed by atoms with Crippen LogP contribution in [0.1, 0.15) is 38.2 Å². The van der Waals surface area contributed by atoms with Crippen LogP contribution in [0.2, 0.25) is 0 Å². The minimum absolute atomic E-state index is 0.338. The lowest BCUT2D eigenvalue weighted by Crippen LogP contribution is -2.38. The van der Waals surface area contributed by atoms with E-state index in [0.29, 0.717) is 34.3 Å². The van der Waals surface area contributed by atoms with Gasteiger partial charge in [0.2, 0.25) is 10.0 Å². The second-order valence-corrected chi connectivity index (χ2v) is 8.56. The van der Waals surface area contributed by atoms with Crippen molar-refractivity contribution in [2.75, 3.05) is 13.1 Å². The standard InChI is InChI=1S/C15H21BrClNO2S/c1-2-3-12-6-8-18(9-7-12)21(19,20)15-5-4-13(11-17)10-14(15)16/h4-5,10,12H,2-3,6-9,11H2,1H3. The minimum atomic E-state index is -3.41. The van der Waals surface area contributed by atoms with Crippen molar-refractivity contribution in [3.05, 3.63) is 28.2 Å². The smallest absolute Gasteiger partial charge is 0.207 e. The summed E-state index contributed by atoms with van der Waals surface area (Å²) in [6.07, 6.45) is 4.29. The van der Waals surface area contributed by atoms with Crippen LogP contribution in [0.4, 0.5) is 0 Å². The second-order valence-electron chi connectivity index (χ2n) is 5.53. The summed E-state index contributed by atoms with van der Waals surface area (Å²) in [7, 11) is -3.41. The number of hydrogen-bond acceptors (Lipinski definition) is 2. The Kier molecular flexibility index (Phi) is 6.12. The van der Waals surface area contributed by atoms with E-state index in [2.05, 4.69) is 22.9 Å². The van der Waals surface area contributed by atoms with Crippen LogP contribution in [-0.2, 0) is 15.9 Å². The molecule has 0 aromatic heterocycles. The van der Waals surface area contributed by atoms with Gasteiger partial charge in [0.25, 0.3) is 0 Å². The Balaban J connectivity index is 2.16. The van der Waals surface area contributed by atoms with Gasteiger partial charge in [0.1, 0.15) is 0 Å². The number of rotatable bonds is 5. The van der Waals surface area contributed by atoms with E-state index in [1.54, 1.807) is 22.5 Å². The third kappa shape index (κ3) is 4.01. The van der Waals surface area contributed by atoms with Crippen molar-refractivity contribution in [2.24, 2.45) is 5.92 Å². The van der Waals surface area contributed by atoms with E-state index in [0.717, 1.165) is 18.4 Å². The summed E-state index contributed by atoms with van der Waals surface area (Å²) < 4.78 is 27.7. The third-order valence-electron chi connectivity index (χ3n) is 4.04. The number of nitrogens with zero attached hydrogens (tertiary/aromatic N) is 1. The van der Waals surface area contributed by atoms with Crippen LogP contribution in [0.15, 0.2) is 27.6 Å². The van der Waals surface area contributed by atoms with Crippen LogP contribution in [0.3, 0.4) is 0 Å². The molecule has 1 fully saturated rings. The van der Waals surface area contributed by atoms with Crippen molar-refractivity contribution < 1.29 is 8.42 Å². The van der Waals surface area contributed by atoms with Gasteiger partial charge in [0.15, 0.2) is 0 Å². The van der Waals surface area contributed by atoms with E-state index in [1.807, 2.05) is 0 Å². The van der Waals surface area contributed by atoms with Gasteiger partial charge in [-0.25, -0.2) is 8.42 Å². The Morgan fingerprint density at radius 1 is 1.33 bits per heavy atom. The van der Waals surface area contributed by atoms with Crippen molar-refractivity contribution >= 4 is 37.6 Å². The van der Waals surface area contributed by atoms with Crippen LogP contribution < -0.4 is 0 Å². The highest BCUT2D eigenvalue weighted by Crippen LogP contribution is 2.30. The predicted octanol–water partition coefficient (Wildman–Crippen LogP) is 4.39. The van der Waals surface area contributed by atoms with E-state index in [9.17, 15) is 8.42 Å². The SMILES string of the molecule is CCCC1CCN(S(=O)(=O)c2ccc(CCl)cc2Br)CC1. The van der Waals surface area contributed by atoms with Gasteiger partial charge in [-0.3, -0.25) is 0 Å². The number of halogens is 2. The van der Waals surface area contributed by atoms with Crippen molar-refractivity contribution in [3.63, 3.8) is 0 Å². The Bertz CT molecular complexity index is 583. The van der Waals surface area contributed by atoms with Gasteiger partial charge in [-0.05, 0) is 52.4 Å². The molecular formula is C15H21BrClNO2S. The maximum absolute atomic E-state index is 12.7. The Morgan fingerprint density at radius 3 is 2.52 bits per heavy atom. The van der Waals surface area contributed by atoms with E-state index in [-0.39, 0.29) is 0 Å². The third-order valence-corrected chi connectivity index (χ3v) is 7.22. The zero-order chi connectivity index (χ0) is 15.5. The molecule has 1 aromatic carbocycles. The number of alkyl halides is 1. The summed E-state index contributed by atoms with van der Waals surface area (Å²) in [5, 5.41) is 0. The van der Waals surface area contributed by atoms with Crippen molar-refractivity contribution in [1.29, 1.82) is 0 Å². The number of piperidine rings is 1. The molecule has 1 aliphatic heterocycles. The molecule has 0 bridgehead atoms. The zero-order valence-corrected chi connectivity index (χ0v) is 15.3. The van der Waals surface area contributed by atoms with E-state index >= 15 is 0 Å². The lowest BCUT2D eigenvalue weighted by molar-refractivity contribution is 0.262. The van der Waals surface area contributed by atoms with Gasteiger partial charge >= 0.3 is 0 Å². The summed E-state index contributed by atoms with van der Waals surface area (Å²) in [6.45, 7) is 3.42. The van der Waals surface area contributed by atoms with Gasteiger partial charge in [-0.1, -0.05) is 25.8 Å². The maximum atomic E-state index is 12.7. The predicted molar refractivity (Wildman–Crippen MR) is 90.1 cm³/mol. The zero-order valence-electron chi connectivity index (χ0n) is 12.2. The number of hydrogen-bond donors (Lipinski definition) is 0. The largest absolute Gasteiger partial charge is 0.244 e. The molecule has 0 atom stereocenters. The molecule has 0 saturated carbocycles. The molecule has 0 aliphatic carbocycles. The fraction of sp³-hybridized carbons (Fsp3) is 0.600. The normalized spacial score (nSPS) is 18.0. The Hall–Kier alpha value is -0.100. The first-order chi connectivity index (χ1) is 9.98. The van der Waals surface area contributed by atoms with Crippen molar-refractivity contribution in [3.8, 4) is 0 Å². The average molecular weight is 395 g/mol. The minimum Gasteiger partial charge on any atom is -0.207 e. The molecule has 1 aliphatic rings. The van der Waals surface area contributed by atoms with Gasteiger partial charge < -0.3 is 0 Å². The molecule has 3 nitrogen and oxygen atoms in total. The maximum Gasteiger partial charge on any atom is 0.244 e. The van der Waals surface area contributed by atoms with Crippen LogP contribution in [0, 0.1) is 5.92 Å². The molecule has 0 radical (unpaired) electrons. The molecule has 0 unspecified atom stereocenters. The van der Waals surface area contributed by atoms with Gasteiger partial charge in [-0.15, -0.1) is 11.6 Å². The molecule has 118 valence electrons. The fourth-order valence-electron chi connectivity index (χ4n) is 2.82. The van der Waals surface area contributed by atoms with Crippen LogP contribution in [0.25, 0.3) is 0 Å². The molecule has 1 aromatic rings. The summed E-state index contributed by atoms with van der Waals surface area (Å²) in [6, 6.07) is 5.20. The highest BCUT2D eigenvalue weighted by atomic mass is 79.9. The van der Waals surface area contributed by atoms with Crippen molar-refractivity contribution in [1.82, 2.24) is 4.31 Å². The molecule has 21 heavy (non-hydrogen) atoms. The Labute approximate surface area is 140 Å². The quantitative estimate of drug-likeness (QED) is 0.695. The van der Waals surface area contributed by atoms with E-state index in [4.69, 9.17) is 11.6 Å². The lowest BCUT2D eigenvalue weighted by Gasteiger charge is -2.31. The number of benzene rings is 1. The topological polar surface area (TPSA) is 37.4 Å². The molecule has 0 N–H and O–H groups in total. The molecule has 0 amide bonds. The average Bonchev–Trinajstić information content (AvgIpc) is 2.47.